The average Bonchev–Trinajstić information content (AvgIpc) is 2.81. The van der Waals surface area contributed by atoms with Crippen molar-refractivity contribution in [2.75, 3.05) is 20.3 Å². The van der Waals surface area contributed by atoms with Crippen molar-refractivity contribution < 1.29 is 18.7 Å². The molecule has 194 valence electrons. The third kappa shape index (κ3) is 5.62. The van der Waals surface area contributed by atoms with Crippen LogP contribution in [0, 0.1) is 22.6 Å². The van der Waals surface area contributed by atoms with Gasteiger partial charge >= 0.3 is 0 Å². The molecule has 0 radical (unpaired) electrons. The van der Waals surface area contributed by atoms with Gasteiger partial charge in [0.25, 0.3) is 0 Å². The van der Waals surface area contributed by atoms with Crippen molar-refractivity contribution in [3.63, 3.8) is 0 Å². The minimum absolute atomic E-state index is 0.0117. The fourth-order valence-electron chi connectivity index (χ4n) is 5.01. The fraction of sp³-hybridized carbons (Fsp3) is 0.357. The second-order valence-corrected chi connectivity index (χ2v) is 11.7. The van der Waals surface area contributed by atoms with E-state index < -0.39 is 5.92 Å². The maximum absolute atomic E-state index is 13.6. The van der Waals surface area contributed by atoms with Crippen LogP contribution in [0.3, 0.4) is 0 Å². The Labute approximate surface area is 233 Å². The lowest BCUT2D eigenvalue weighted by Crippen LogP contribution is -2.43. The van der Waals surface area contributed by atoms with Gasteiger partial charge in [0.15, 0.2) is 5.78 Å². The van der Waals surface area contributed by atoms with E-state index in [1.165, 1.54) is 12.1 Å². The summed E-state index contributed by atoms with van der Waals surface area (Å²) >= 11 is 7.18. The van der Waals surface area contributed by atoms with E-state index in [-0.39, 0.29) is 23.6 Å². The number of ketones is 1. The first-order valence-electron chi connectivity index (χ1n) is 11.8. The predicted octanol–water partition coefficient (Wildman–Crippen LogP) is 6.31. The van der Waals surface area contributed by atoms with Gasteiger partial charge in [-0.05, 0) is 79.1 Å². The number of hydrogen-bond donors (Lipinski definition) is 1. The van der Waals surface area contributed by atoms with E-state index in [1.807, 2.05) is 17.0 Å². The van der Waals surface area contributed by atoms with Crippen LogP contribution in [-0.2, 0) is 16.1 Å². The minimum atomic E-state index is -0.604. The highest BCUT2D eigenvalue weighted by Gasteiger charge is 2.44. The molecule has 2 aliphatic rings. The standard InChI is InChI=1S/C28H28Br2FN3O3/c1-28(2)12-22-25(23(35)13-28)24(19(14-32)27(33)34(22)7-8-36-3)17-10-20(29)26(21(30)11-17)37-15-16-5-4-6-18(31)9-16/h4-6,9-11,24H,7-8,12-13,15,33H2,1-3H3/t24-/m0/s1. The molecule has 4 rings (SSSR count). The number of benzene rings is 2. The van der Waals surface area contributed by atoms with Crippen LogP contribution in [0.2, 0.25) is 0 Å². The summed E-state index contributed by atoms with van der Waals surface area (Å²) in [5.74, 6) is -0.0483. The second-order valence-electron chi connectivity index (χ2n) is 10.0. The molecule has 0 spiro atoms. The van der Waals surface area contributed by atoms with Crippen LogP contribution in [-0.4, -0.2) is 30.9 Å². The largest absolute Gasteiger partial charge is 0.487 e. The molecule has 0 saturated carbocycles. The summed E-state index contributed by atoms with van der Waals surface area (Å²) in [7, 11) is 1.61. The van der Waals surface area contributed by atoms with Gasteiger partial charge in [0, 0.05) is 31.3 Å². The SMILES string of the molecule is COCCN1C(N)=C(C#N)[C@H](c2cc(Br)c(OCc3cccc(F)c3)c(Br)c2)C2=C1CC(C)(C)CC2=O. The first-order valence-corrected chi connectivity index (χ1v) is 13.4. The summed E-state index contributed by atoms with van der Waals surface area (Å²) in [6, 6.07) is 12.2. The summed E-state index contributed by atoms with van der Waals surface area (Å²) in [4.78, 5) is 15.4. The zero-order chi connectivity index (χ0) is 26.9. The van der Waals surface area contributed by atoms with Gasteiger partial charge in [-0.1, -0.05) is 26.0 Å². The monoisotopic (exact) mass is 631 g/mol. The number of halogens is 3. The maximum Gasteiger partial charge on any atom is 0.162 e. The van der Waals surface area contributed by atoms with Crippen molar-refractivity contribution in [2.24, 2.45) is 11.1 Å². The number of hydrogen-bond acceptors (Lipinski definition) is 6. The quantitative estimate of drug-likeness (QED) is 0.385. The predicted molar refractivity (Wildman–Crippen MR) is 146 cm³/mol. The van der Waals surface area contributed by atoms with Gasteiger partial charge in [-0.25, -0.2) is 4.39 Å². The Morgan fingerprint density at radius 3 is 2.54 bits per heavy atom. The Morgan fingerprint density at radius 2 is 1.92 bits per heavy atom. The van der Waals surface area contributed by atoms with Crippen LogP contribution in [0.1, 0.15) is 43.7 Å². The minimum Gasteiger partial charge on any atom is -0.487 e. The molecule has 1 atom stereocenters. The summed E-state index contributed by atoms with van der Waals surface area (Å²) in [6.07, 6.45) is 1.04. The molecule has 0 unspecified atom stereocenters. The molecule has 0 amide bonds. The van der Waals surface area contributed by atoms with Crippen molar-refractivity contribution in [3.8, 4) is 11.8 Å². The van der Waals surface area contributed by atoms with E-state index in [0.29, 0.717) is 63.2 Å². The summed E-state index contributed by atoms with van der Waals surface area (Å²) < 4.78 is 26.1. The number of Topliss-reactive ketones (excluding diaryl/α,β-unsaturated/α-hetero) is 1. The van der Waals surface area contributed by atoms with Crippen LogP contribution >= 0.6 is 31.9 Å². The lowest BCUT2D eigenvalue weighted by Gasteiger charge is -2.43. The van der Waals surface area contributed by atoms with Crippen LogP contribution in [0.15, 0.2) is 68.0 Å². The van der Waals surface area contributed by atoms with Gasteiger partial charge in [0.05, 0.1) is 33.1 Å². The van der Waals surface area contributed by atoms with E-state index in [9.17, 15) is 14.4 Å². The fourth-order valence-corrected chi connectivity index (χ4v) is 6.46. The molecule has 2 aromatic carbocycles. The van der Waals surface area contributed by atoms with Crippen LogP contribution in [0.5, 0.6) is 5.75 Å². The van der Waals surface area contributed by atoms with E-state index in [2.05, 4.69) is 51.8 Å². The molecule has 6 nitrogen and oxygen atoms in total. The van der Waals surface area contributed by atoms with Gasteiger partial charge in [-0.15, -0.1) is 0 Å². The number of nitrogens with zero attached hydrogens (tertiary/aromatic N) is 2. The second kappa shape index (κ2) is 11.0. The number of methoxy groups -OCH3 is 1. The van der Waals surface area contributed by atoms with Gasteiger partial charge in [-0.2, -0.15) is 5.26 Å². The van der Waals surface area contributed by atoms with E-state index in [1.54, 1.807) is 19.2 Å². The molecular weight excluding hydrogens is 605 g/mol. The third-order valence-corrected chi connectivity index (χ3v) is 7.81. The molecule has 1 aliphatic heterocycles. The molecule has 2 N–H and O–H groups in total. The van der Waals surface area contributed by atoms with Crippen molar-refractivity contribution in [2.45, 2.75) is 39.2 Å². The Morgan fingerprint density at radius 1 is 1.22 bits per heavy atom. The van der Waals surface area contributed by atoms with Gasteiger partial charge in [0.2, 0.25) is 0 Å². The number of carbonyl (C=O) groups excluding carboxylic acids is 1. The van der Waals surface area contributed by atoms with Gasteiger partial charge in [-0.3, -0.25) is 4.79 Å². The molecule has 0 aromatic heterocycles. The van der Waals surface area contributed by atoms with E-state index in [0.717, 1.165) is 11.3 Å². The first kappa shape index (κ1) is 27.4. The average molecular weight is 633 g/mol. The Balaban J connectivity index is 1.77. The van der Waals surface area contributed by atoms with Gasteiger partial charge in [0.1, 0.15) is 24.0 Å². The summed E-state index contributed by atoms with van der Waals surface area (Å²) in [5, 5.41) is 10.2. The third-order valence-electron chi connectivity index (χ3n) is 6.63. The highest BCUT2D eigenvalue weighted by atomic mass is 79.9. The highest BCUT2D eigenvalue weighted by Crippen LogP contribution is 2.50. The van der Waals surface area contributed by atoms with Crippen molar-refractivity contribution in [1.29, 1.82) is 5.26 Å². The molecule has 1 heterocycles. The molecule has 9 heteroatoms. The number of carbonyl (C=O) groups is 1. The summed E-state index contributed by atoms with van der Waals surface area (Å²) in [5.41, 5.74) is 9.56. The Bertz CT molecular complexity index is 1320. The van der Waals surface area contributed by atoms with Crippen LogP contribution in [0.4, 0.5) is 4.39 Å². The van der Waals surface area contributed by atoms with Crippen molar-refractivity contribution >= 4 is 37.6 Å². The van der Waals surface area contributed by atoms with Crippen LogP contribution in [0.25, 0.3) is 0 Å². The zero-order valence-corrected chi connectivity index (χ0v) is 24.1. The number of nitriles is 1. The molecule has 1 aliphatic carbocycles. The molecule has 0 fully saturated rings. The molecule has 0 bridgehead atoms. The van der Waals surface area contributed by atoms with Crippen molar-refractivity contribution in [3.05, 3.63) is 85.0 Å². The lowest BCUT2D eigenvalue weighted by molar-refractivity contribution is -0.118. The smallest absolute Gasteiger partial charge is 0.162 e. The highest BCUT2D eigenvalue weighted by molar-refractivity contribution is 9.11. The lowest BCUT2D eigenvalue weighted by atomic mass is 9.68. The summed E-state index contributed by atoms with van der Waals surface area (Å²) in [6.45, 7) is 5.16. The molecule has 37 heavy (non-hydrogen) atoms. The van der Waals surface area contributed by atoms with Gasteiger partial charge < -0.3 is 20.1 Å². The number of rotatable bonds is 7. The van der Waals surface area contributed by atoms with Crippen LogP contribution < -0.4 is 10.5 Å². The normalized spacial score (nSPS) is 19.1. The number of allylic oxidation sites excluding steroid dienone is 3. The zero-order valence-electron chi connectivity index (χ0n) is 20.9. The van der Waals surface area contributed by atoms with Crippen molar-refractivity contribution in [1.82, 2.24) is 4.90 Å². The Kier molecular flexibility index (Phi) is 8.12. The topological polar surface area (TPSA) is 88.6 Å². The number of nitrogens with two attached hydrogens (primary N) is 1. The van der Waals surface area contributed by atoms with E-state index in [4.69, 9.17) is 15.2 Å². The molecule has 0 saturated heterocycles. The van der Waals surface area contributed by atoms with E-state index >= 15 is 0 Å². The first-order chi connectivity index (χ1) is 17.6. The number of ether oxygens (including phenoxy) is 2. The molecule has 2 aromatic rings. The maximum atomic E-state index is 13.6. The Hall–Kier alpha value is -2.67. The molecular formula is C28H28Br2FN3O3.